The molecule has 4 nitrogen and oxygen atoms in total. The quantitative estimate of drug-likeness (QED) is 0.868. The second kappa shape index (κ2) is 7.05. The number of likely N-dealkylation sites (tertiary alicyclic amines) is 1. The molecule has 0 saturated carbocycles. The van der Waals surface area contributed by atoms with Crippen LogP contribution in [0.5, 0.6) is 0 Å². The van der Waals surface area contributed by atoms with Gasteiger partial charge in [0.15, 0.2) is 0 Å². The highest BCUT2D eigenvalue weighted by Gasteiger charge is 2.24. The second-order valence-electron chi connectivity index (χ2n) is 6.88. The van der Waals surface area contributed by atoms with Crippen molar-refractivity contribution >= 4 is 5.91 Å². The summed E-state index contributed by atoms with van der Waals surface area (Å²) in [4.78, 5) is 14.3. The van der Waals surface area contributed by atoms with Gasteiger partial charge >= 0.3 is 0 Å². The van der Waals surface area contributed by atoms with E-state index in [-0.39, 0.29) is 17.5 Å². The van der Waals surface area contributed by atoms with Crippen LogP contribution in [0.4, 0.5) is 0 Å². The van der Waals surface area contributed by atoms with Crippen LogP contribution in [0.15, 0.2) is 30.3 Å². The van der Waals surface area contributed by atoms with E-state index >= 15 is 0 Å². The molecule has 1 atom stereocenters. The van der Waals surface area contributed by atoms with Gasteiger partial charge in [0.05, 0.1) is 6.54 Å². The molecule has 1 saturated heterocycles. The fourth-order valence-corrected chi connectivity index (χ4v) is 2.56. The molecule has 1 aliphatic rings. The lowest BCUT2D eigenvalue weighted by atomic mass is 10.1. The fraction of sp³-hybridized carbons (Fsp3) is 0.588. The van der Waals surface area contributed by atoms with Crippen molar-refractivity contribution in [2.45, 2.75) is 45.3 Å². The van der Waals surface area contributed by atoms with Gasteiger partial charge in [-0.2, -0.15) is 0 Å². The van der Waals surface area contributed by atoms with Crippen LogP contribution >= 0.6 is 0 Å². The SMILES string of the molecule is CC(C)(C)NCC(=O)NC1CCN(Cc2ccccc2)C1. The van der Waals surface area contributed by atoms with Crippen molar-refractivity contribution in [3.8, 4) is 0 Å². The fourth-order valence-electron chi connectivity index (χ4n) is 2.56. The topological polar surface area (TPSA) is 44.4 Å². The van der Waals surface area contributed by atoms with Crippen LogP contribution in [-0.4, -0.2) is 42.0 Å². The summed E-state index contributed by atoms with van der Waals surface area (Å²) in [5.41, 5.74) is 1.31. The highest BCUT2D eigenvalue weighted by Crippen LogP contribution is 2.13. The van der Waals surface area contributed by atoms with Gasteiger partial charge in [0, 0.05) is 31.2 Å². The van der Waals surface area contributed by atoms with E-state index in [1.54, 1.807) is 0 Å². The summed E-state index contributed by atoms with van der Waals surface area (Å²) in [6.07, 6.45) is 1.04. The number of nitrogens with one attached hydrogen (secondary N) is 2. The van der Waals surface area contributed by atoms with Crippen molar-refractivity contribution in [1.29, 1.82) is 0 Å². The summed E-state index contributed by atoms with van der Waals surface area (Å²) >= 11 is 0. The van der Waals surface area contributed by atoms with Gasteiger partial charge in [0.1, 0.15) is 0 Å². The second-order valence-corrected chi connectivity index (χ2v) is 6.88. The first-order chi connectivity index (χ1) is 9.92. The Kier molecular flexibility index (Phi) is 5.37. The summed E-state index contributed by atoms with van der Waals surface area (Å²) in [7, 11) is 0. The van der Waals surface area contributed by atoms with Crippen LogP contribution < -0.4 is 10.6 Å². The minimum absolute atomic E-state index is 0.0215. The minimum atomic E-state index is -0.0215. The van der Waals surface area contributed by atoms with Crippen molar-refractivity contribution in [1.82, 2.24) is 15.5 Å². The van der Waals surface area contributed by atoms with Crippen LogP contribution in [-0.2, 0) is 11.3 Å². The zero-order valence-electron chi connectivity index (χ0n) is 13.4. The van der Waals surface area contributed by atoms with Crippen molar-refractivity contribution in [2.75, 3.05) is 19.6 Å². The molecule has 0 aliphatic carbocycles. The summed E-state index contributed by atoms with van der Waals surface area (Å²) in [6, 6.07) is 10.8. The molecule has 1 aromatic rings. The smallest absolute Gasteiger partial charge is 0.234 e. The monoisotopic (exact) mass is 289 g/mol. The number of hydrogen-bond acceptors (Lipinski definition) is 3. The third kappa shape index (κ3) is 5.86. The molecule has 1 unspecified atom stereocenters. The lowest BCUT2D eigenvalue weighted by molar-refractivity contribution is -0.121. The van der Waals surface area contributed by atoms with E-state index in [1.807, 2.05) is 6.07 Å². The van der Waals surface area contributed by atoms with Gasteiger partial charge in [0.25, 0.3) is 0 Å². The van der Waals surface area contributed by atoms with E-state index < -0.39 is 0 Å². The Bertz CT molecular complexity index is 453. The van der Waals surface area contributed by atoms with Gasteiger partial charge in [-0.3, -0.25) is 9.69 Å². The summed E-state index contributed by atoms with van der Waals surface area (Å²) in [5.74, 6) is 0.0940. The van der Waals surface area contributed by atoms with E-state index in [2.05, 4.69) is 60.6 Å². The molecule has 1 aliphatic heterocycles. The average Bonchev–Trinajstić information content (AvgIpc) is 2.84. The Balaban J connectivity index is 1.71. The van der Waals surface area contributed by atoms with Gasteiger partial charge in [0.2, 0.25) is 5.91 Å². The number of benzene rings is 1. The molecule has 0 radical (unpaired) electrons. The summed E-state index contributed by atoms with van der Waals surface area (Å²) in [6.45, 7) is 9.54. The van der Waals surface area contributed by atoms with Crippen LogP contribution in [0.25, 0.3) is 0 Å². The predicted molar refractivity (Wildman–Crippen MR) is 86.0 cm³/mol. The van der Waals surface area contributed by atoms with Gasteiger partial charge in [-0.05, 0) is 32.8 Å². The third-order valence-corrected chi connectivity index (χ3v) is 3.67. The lowest BCUT2D eigenvalue weighted by Crippen LogP contribution is -2.46. The molecule has 1 heterocycles. The highest BCUT2D eigenvalue weighted by molar-refractivity contribution is 5.78. The van der Waals surface area contributed by atoms with E-state index in [0.717, 1.165) is 26.1 Å². The summed E-state index contributed by atoms with van der Waals surface area (Å²) < 4.78 is 0. The van der Waals surface area contributed by atoms with Crippen molar-refractivity contribution in [2.24, 2.45) is 0 Å². The van der Waals surface area contributed by atoms with E-state index in [1.165, 1.54) is 5.56 Å². The largest absolute Gasteiger partial charge is 0.351 e. The first-order valence-corrected chi connectivity index (χ1v) is 7.73. The number of nitrogens with zero attached hydrogens (tertiary/aromatic N) is 1. The molecule has 21 heavy (non-hydrogen) atoms. The maximum Gasteiger partial charge on any atom is 0.234 e. The van der Waals surface area contributed by atoms with Crippen LogP contribution in [0.3, 0.4) is 0 Å². The summed E-state index contributed by atoms with van der Waals surface area (Å²) in [5, 5.41) is 6.35. The van der Waals surface area contributed by atoms with Gasteiger partial charge < -0.3 is 10.6 Å². The van der Waals surface area contributed by atoms with E-state index in [0.29, 0.717) is 6.54 Å². The molecule has 1 amide bonds. The normalized spacial score (nSPS) is 19.7. The number of rotatable bonds is 5. The van der Waals surface area contributed by atoms with Crippen molar-refractivity contribution in [3.05, 3.63) is 35.9 Å². The molecule has 0 bridgehead atoms. The third-order valence-electron chi connectivity index (χ3n) is 3.67. The lowest BCUT2D eigenvalue weighted by Gasteiger charge is -2.21. The van der Waals surface area contributed by atoms with Crippen molar-refractivity contribution < 1.29 is 4.79 Å². The maximum absolute atomic E-state index is 11.9. The first kappa shape index (κ1) is 16.0. The number of carbonyl (C=O) groups is 1. The number of carbonyl (C=O) groups excluding carboxylic acids is 1. The zero-order valence-corrected chi connectivity index (χ0v) is 13.4. The van der Waals surface area contributed by atoms with E-state index in [9.17, 15) is 4.79 Å². The first-order valence-electron chi connectivity index (χ1n) is 7.73. The Labute approximate surface area is 127 Å². The van der Waals surface area contributed by atoms with E-state index in [4.69, 9.17) is 0 Å². The highest BCUT2D eigenvalue weighted by atomic mass is 16.2. The van der Waals surface area contributed by atoms with Gasteiger partial charge in [-0.1, -0.05) is 30.3 Å². The Hall–Kier alpha value is -1.39. The molecule has 0 aromatic heterocycles. The molecule has 116 valence electrons. The van der Waals surface area contributed by atoms with Gasteiger partial charge in [-0.25, -0.2) is 0 Å². The molecule has 4 heteroatoms. The molecule has 1 fully saturated rings. The Morgan fingerprint density at radius 3 is 2.67 bits per heavy atom. The Morgan fingerprint density at radius 1 is 1.29 bits per heavy atom. The number of amides is 1. The van der Waals surface area contributed by atoms with Crippen LogP contribution in [0.1, 0.15) is 32.8 Å². The van der Waals surface area contributed by atoms with Crippen molar-refractivity contribution in [3.63, 3.8) is 0 Å². The standard InChI is InChI=1S/C17H27N3O/c1-17(2,3)18-11-16(21)19-15-9-10-20(13-15)12-14-7-5-4-6-8-14/h4-8,15,18H,9-13H2,1-3H3,(H,19,21). The van der Waals surface area contributed by atoms with Crippen LogP contribution in [0, 0.1) is 0 Å². The molecule has 0 spiro atoms. The maximum atomic E-state index is 11.9. The molecule has 2 N–H and O–H groups in total. The average molecular weight is 289 g/mol. The van der Waals surface area contributed by atoms with Crippen LogP contribution in [0.2, 0.25) is 0 Å². The number of hydrogen-bond donors (Lipinski definition) is 2. The Morgan fingerprint density at radius 2 is 2.00 bits per heavy atom. The predicted octanol–water partition coefficient (Wildman–Crippen LogP) is 1.77. The zero-order chi connectivity index (χ0) is 15.3. The van der Waals surface area contributed by atoms with Gasteiger partial charge in [-0.15, -0.1) is 0 Å². The molecular formula is C17H27N3O. The molecule has 1 aromatic carbocycles. The molecule has 2 rings (SSSR count). The minimum Gasteiger partial charge on any atom is -0.351 e. The molecular weight excluding hydrogens is 262 g/mol.